The first kappa shape index (κ1) is 24.3. The van der Waals surface area contributed by atoms with Crippen LogP contribution in [-0.2, 0) is 9.47 Å². The number of hydrogen-bond donors (Lipinski definition) is 3. The van der Waals surface area contributed by atoms with Gasteiger partial charge in [-0.15, -0.1) is 0 Å². The molecule has 2 unspecified atom stereocenters. The van der Waals surface area contributed by atoms with Crippen LogP contribution in [0.3, 0.4) is 0 Å². The lowest BCUT2D eigenvalue weighted by Crippen LogP contribution is -2.36. The molecule has 1 saturated heterocycles. The molecule has 0 radical (unpaired) electrons. The zero-order chi connectivity index (χ0) is 25.2. The van der Waals surface area contributed by atoms with E-state index >= 15 is 0 Å². The van der Waals surface area contributed by atoms with E-state index in [1.165, 1.54) is 17.6 Å². The van der Waals surface area contributed by atoms with Crippen LogP contribution in [0.1, 0.15) is 52.6 Å². The smallest absolute Gasteiger partial charge is 0.261 e. The highest BCUT2D eigenvalue weighted by molar-refractivity contribution is 6.21. The summed E-state index contributed by atoms with van der Waals surface area (Å²) in [5.74, 6) is -0.252. The molecule has 2 aromatic heterocycles. The SMILES string of the molecule is Nc1ncnc2c1ncn2[C@@H]1O[C@H](CO)C(OCCCCCCN2C(=O)c3ccccc3C2=O)C1O. The number of ether oxygens (including phenoxy) is 2. The molecule has 190 valence electrons. The molecule has 12 heteroatoms. The van der Waals surface area contributed by atoms with Crippen LogP contribution in [0.4, 0.5) is 5.82 Å². The third-order valence-corrected chi connectivity index (χ3v) is 6.62. The number of imide groups is 1. The molecule has 4 N–H and O–H groups in total. The number of aromatic nitrogens is 4. The number of nitrogens with two attached hydrogens (primary N) is 1. The van der Waals surface area contributed by atoms with Gasteiger partial charge >= 0.3 is 0 Å². The van der Waals surface area contributed by atoms with E-state index in [2.05, 4.69) is 15.0 Å². The number of carbonyl (C=O) groups is 2. The third kappa shape index (κ3) is 4.32. The minimum atomic E-state index is -1.05. The predicted molar refractivity (Wildman–Crippen MR) is 127 cm³/mol. The molecule has 36 heavy (non-hydrogen) atoms. The molecule has 1 aromatic carbocycles. The number of aliphatic hydroxyl groups is 2. The maximum atomic E-state index is 12.4. The number of nitrogens with zero attached hydrogens (tertiary/aromatic N) is 5. The number of imidazole rings is 1. The van der Waals surface area contributed by atoms with Crippen molar-refractivity contribution in [3.63, 3.8) is 0 Å². The Hall–Kier alpha value is -3.45. The Morgan fingerprint density at radius 3 is 2.47 bits per heavy atom. The Labute approximate surface area is 206 Å². The van der Waals surface area contributed by atoms with Crippen molar-refractivity contribution in [1.82, 2.24) is 24.4 Å². The summed E-state index contributed by atoms with van der Waals surface area (Å²) in [6, 6.07) is 6.87. The number of aliphatic hydroxyl groups excluding tert-OH is 2. The van der Waals surface area contributed by atoms with E-state index in [0.29, 0.717) is 48.3 Å². The van der Waals surface area contributed by atoms with Gasteiger partial charge in [-0.3, -0.25) is 19.1 Å². The van der Waals surface area contributed by atoms with Gasteiger partial charge in [-0.2, -0.15) is 0 Å². The van der Waals surface area contributed by atoms with Crippen LogP contribution in [0, 0.1) is 0 Å². The Morgan fingerprint density at radius 1 is 1.03 bits per heavy atom. The number of unbranched alkanes of at least 4 members (excludes halogenated alkanes) is 3. The minimum absolute atomic E-state index is 0.223. The highest BCUT2D eigenvalue weighted by Crippen LogP contribution is 2.33. The van der Waals surface area contributed by atoms with Crippen molar-refractivity contribution in [3.05, 3.63) is 48.0 Å². The molecule has 4 atom stereocenters. The van der Waals surface area contributed by atoms with Gasteiger partial charge in [-0.05, 0) is 25.0 Å². The Bertz CT molecular complexity index is 1230. The fourth-order valence-electron chi connectivity index (χ4n) is 4.75. The van der Waals surface area contributed by atoms with Gasteiger partial charge in [0.2, 0.25) is 0 Å². The number of benzene rings is 1. The number of rotatable bonds is 10. The van der Waals surface area contributed by atoms with Gasteiger partial charge in [-0.1, -0.05) is 25.0 Å². The van der Waals surface area contributed by atoms with E-state index in [1.807, 2.05) is 0 Å². The molecule has 0 saturated carbocycles. The molecule has 0 aliphatic carbocycles. The minimum Gasteiger partial charge on any atom is -0.394 e. The number of hydrogen-bond acceptors (Lipinski definition) is 10. The molecule has 5 rings (SSSR count). The fourth-order valence-corrected chi connectivity index (χ4v) is 4.75. The topological polar surface area (TPSA) is 166 Å². The first-order valence-corrected chi connectivity index (χ1v) is 12.0. The number of nitrogen functional groups attached to an aromatic ring is 1. The van der Waals surface area contributed by atoms with E-state index < -0.39 is 24.5 Å². The zero-order valence-corrected chi connectivity index (χ0v) is 19.6. The van der Waals surface area contributed by atoms with Crippen LogP contribution in [-0.4, -0.2) is 84.5 Å². The lowest BCUT2D eigenvalue weighted by molar-refractivity contribution is -0.0609. The maximum Gasteiger partial charge on any atom is 0.261 e. The van der Waals surface area contributed by atoms with Crippen molar-refractivity contribution in [2.45, 2.75) is 50.2 Å². The Balaban J connectivity index is 1.08. The standard InChI is InChI=1S/C24H28N6O6/c25-20-17-21(27-12-26-20)30(13-28-17)24-18(32)19(16(11-31)36-24)35-10-6-2-1-5-9-29-22(33)14-7-3-4-8-15(14)23(29)34/h3-4,7-8,12-13,16,18-19,24,31-32H,1-2,5-6,9-11H2,(H2,25,26,27)/t16-,18?,19?,24-/m1/s1. The van der Waals surface area contributed by atoms with Crippen molar-refractivity contribution in [3.8, 4) is 0 Å². The molecule has 0 bridgehead atoms. The Morgan fingerprint density at radius 2 is 1.75 bits per heavy atom. The van der Waals surface area contributed by atoms with Crippen LogP contribution in [0.25, 0.3) is 11.2 Å². The summed E-state index contributed by atoms with van der Waals surface area (Å²) in [4.78, 5) is 38.4. The van der Waals surface area contributed by atoms with E-state index in [-0.39, 0.29) is 24.2 Å². The van der Waals surface area contributed by atoms with Crippen LogP contribution in [0.2, 0.25) is 0 Å². The van der Waals surface area contributed by atoms with Crippen molar-refractivity contribution < 1.29 is 29.3 Å². The van der Waals surface area contributed by atoms with Gasteiger partial charge < -0.3 is 25.4 Å². The first-order chi connectivity index (χ1) is 17.5. The number of carbonyl (C=O) groups excluding carboxylic acids is 2. The van der Waals surface area contributed by atoms with Crippen LogP contribution in [0.5, 0.6) is 0 Å². The summed E-state index contributed by atoms with van der Waals surface area (Å²) < 4.78 is 13.3. The highest BCUT2D eigenvalue weighted by atomic mass is 16.6. The normalized spacial score (nSPS) is 23.7. The quantitative estimate of drug-likeness (QED) is 0.271. The summed E-state index contributed by atoms with van der Waals surface area (Å²) >= 11 is 0. The molecular formula is C24H28N6O6. The lowest BCUT2D eigenvalue weighted by Gasteiger charge is -2.20. The Kier molecular flexibility index (Phi) is 6.92. The summed E-state index contributed by atoms with van der Waals surface area (Å²) in [6.45, 7) is 0.424. The second-order valence-electron chi connectivity index (χ2n) is 8.88. The van der Waals surface area contributed by atoms with Crippen LogP contribution in [0.15, 0.2) is 36.9 Å². The van der Waals surface area contributed by atoms with Crippen LogP contribution >= 0.6 is 0 Å². The molecule has 3 aromatic rings. The number of fused-ring (bicyclic) bond motifs is 2. The van der Waals surface area contributed by atoms with Gasteiger partial charge in [0.25, 0.3) is 11.8 Å². The molecule has 12 nitrogen and oxygen atoms in total. The number of amides is 2. The maximum absolute atomic E-state index is 12.4. The van der Waals surface area contributed by atoms with Gasteiger partial charge in [-0.25, -0.2) is 15.0 Å². The monoisotopic (exact) mass is 496 g/mol. The molecule has 2 amide bonds. The van der Waals surface area contributed by atoms with Gasteiger partial charge in [0.1, 0.15) is 30.2 Å². The zero-order valence-electron chi connectivity index (χ0n) is 19.6. The molecule has 2 aliphatic heterocycles. The van der Waals surface area contributed by atoms with E-state index in [9.17, 15) is 19.8 Å². The van der Waals surface area contributed by atoms with Crippen molar-refractivity contribution in [2.75, 3.05) is 25.5 Å². The first-order valence-electron chi connectivity index (χ1n) is 12.0. The van der Waals surface area contributed by atoms with Crippen LogP contribution < -0.4 is 5.73 Å². The second-order valence-corrected chi connectivity index (χ2v) is 8.88. The van der Waals surface area contributed by atoms with Gasteiger partial charge in [0.15, 0.2) is 17.7 Å². The van der Waals surface area contributed by atoms with E-state index in [0.717, 1.165) is 12.8 Å². The van der Waals surface area contributed by atoms with Crippen molar-refractivity contribution >= 4 is 28.8 Å². The molecular weight excluding hydrogens is 468 g/mol. The molecule has 0 spiro atoms. The van der Waals surface area contributed by atoms with Crippen molar-refractivity contribution in [2.24, 2.45) is 0 Å². The highest BCUT2D eigenvalue weighted by Gasteiger charge is 2.45. The second kappa shape index (κ2) is 10.3. The summed E-state index contributed by atoms with van der Waals surface area (Å²) in [6.07, 6.45) is 2.49. The summed E-state index contributed by atoms with van der Waals surface area (Å²) in [7, 11) is 0. The molecule has 2 aliphatic rings. The largest absolute Gasteiger partial charge is 0.394 e. The average molecular weight is 497 g/mol. The van der Waals surface area contributed by atoms with Gasteiger partial charge in [0, 0.05) is 13.2 Å². The molecule has 4 heterocycles. The van der Waals surface area contributed by atoms with E-state index in [1.54, 1.807) is 28.8 Å². The predicted octanol–water partition coefficient (Wildman–Crippen LogP) is 0.901. The lowest BCUT2D eigenvalue weighted by atomic mass is 10.1. The van der Waals surface area contributed by atoms with E-state index in [4.69, 9.17) is 15.2 Å². The average Bonchev–Trinajstić information content (AvgIpc) is 3.53. The van der Waals surface area contributed by atoms with Crippen molar-refractivity contribution in [1.29, 1.82) is 0 Å². The number of anilines is 1. The summed E-state index contributed by atoms with van der Waals surface area (Å²) in [5.41, 5.74) is 7.58. The van der Waals surface area contributed by atoms with Gasteiger partial charge in [0.05, 0.1) is 24.1 Å². The molecule has 1 fully saturated rings. The summed E-state index contributed by atoms with van der Waals surface area (Å²) in [5, 5.41) is 20.6. The fraction of sp³-hybridized carbons (Fsp3) is 0.458. The third-order valence-electron chi connectivity index (χ3n) is 6.62.